The van der Waals surface area contributed by atoms with E-state index in [0.717, 1.165) is 0 Å². The standard InChI is InChI=1S/C6H5.ClH.Sn/c1-2-4-6-5-3-1;;/h1-5H;1H;/q;;+3/p-1. The molecule has 1 rings (SSSR count). The van der Waals surface area contributed by atoms with Crippen LogP contribution in [0.3, 0.4) is 0 Å². The summed E-state index contributed by atoms with van der Waals surface area (Å²) in [6.07, 6.45) is 0. The van der Waals surface area contributed by atoms with Crippen LogP contribution in [0.4, 0.5) is 0 Å². The summed E-state index contributed by atoms with van der Waals surface area (Å²) in [5.41, 5.74) is 0. The molecule has 0 radical (unpaired) electrons. The van der Waals surface area contributed by atoms with Crippen LogP contribution in [0.5, 0.6) is 0 Å². The SMILES string of the molecule is [Cl-].[Sn+3][c]1ccccc1. The predicted molar refractivity (Wildman–Crippen MR) is 31.8 cm³/mol. The summed E-state index contributed by atoms with van der Waals surface area (Å²) in [7, 11) is 0. The van der Waals surface area contributed by atoms with E-state index in [1.807, 2.05) is 6.07 Å². The molecule has 2 heteroatoms. The quantitative estimate of drug-likeness (QED) is 0.433. The van der Waals surface area contributed by atoms with Crippen molar-refractivity contribution in [1.82, 2.24) is 0 Å². The Morgan fingerprint density at radius 2 is 1.50 bits per heavy atom. The zero-order chi connectivity index (χ0) is 5.11. The third-order valence-electron chi connectivity index (χ3n) is 0.774. The molecule has 0 heterocycles. The minimum atomic E-state index is 0. The van der Waals surface area contributed by atoms with Crippen LogP contribution >= 0.6 is 0 Å². The van der Waals surface area contributed by atoms with Crippen molar-refractivity contribution in [1.29, 1.82) is 0 Å². The summed E-state index contributed by atoms with van der Waals surface area (Å²) in [6, 6.07) is 10.4. The molecule has 38 valence electrons. The molecule has 0 unspecified atom stereocenters. The Hall–Kier alpha value is 0.309. The zero-order valence-electron chi connectivity index (χ0n) is 4.26. The van der Waals surface area contributed by atoms with Crippen molar-refractivity contribution in [2.45, 2.75) is 0 Å². The van der Waals surface area contributed by atoms with Crippen LogP contribution in [0.1, 0.15) is 0 Å². The van der Waals surface area contributed by atoms with Crippen LogP contribution in [-0.2, 0) is 0 Å². The molecule has 0 aromatic heterocycles. The Labute approximate surface area is 68.8 Å². The van der Waals surface area contributed by atoms with E-state index < -0.39 is 0 Å². The number of hydrogen-bond donors (Lipinski definition) is 0. The molecule has 0 atom stereocenters. The van der Waals surface area contributed by atoms with Crippen LogP contribution in [0.25, 0.3) is 0 Å². The van der Waals surface area contributed by atoms with Crippen molar-refractivity contribution in [3.05, 3.63) is 30.3 Å². The summed E-state index contributed by atoms with van der Waals surface area (Å²) in [5, 5.41) is 0. The number of rotatable bonds is 0. The number of hydrogen-bond acceptors (Lipinski definition) is 0. The normalized spacial score (nSPS) is 7.75. The third kappa shape index (κ3) is 2.58. The maximum atomic E-state index is 2.12. The molecule has 0 N–H and O–H groups in total. The van der Waals surface area contributed by atoms with Gasteiger partial charge in [-0.15, -0.1) is 0 Å². The summed E-state index contributed by atoms with van der Waals surface area (Å²) in [5.74, 6) is 0. The van der Waals surface area contributed by atoms with Crippen molar-refractivity contribution >= 4 is 26.1 Å². The van der Waals surface area contributed by atoms with Crippen LogP contribution in [0.15, 0.2) is 30.3 Å². The van der Waals surface area contributed by atoms with Crippen LogP contribution in [0.2, 0.25) is 0 Å². The molecule has 8 heavy (non-hydrogen) atoms. The fourth-order valence-electron chi connectivity index (χ4n) is 0.438. The molecular weight excluding hydrogens is 226 g/mol. The second kappa shape index (κ2) is 4.21. The van der Waals surface area contributed by atoms with Gasteiger partial charge in [0.25, 0.3) is 0 Å². The first-order valence-electron chi connectivity index (χ1n) is 2.16. The molecule has 0 saturated heterocycles. The second-order valence-corrected chi connectivity index (χ2v) is 3.01. The molecule has 0 saturated carbocycles. The van der Waals surface area contributed by atoms with Gasteiger partial charge in [0.1, 0.15) is 0 Å². The first-order valence-corrected chi connectivity index (χ1v) is 3.59. The van der Waals surface area contributed by atoms with Gasteiger partial charge < -0.3 is 12.4 Å². The van der Waals surface area contributed by atoms with E-state index in [1.54, 1.807) is 0 Å². The van der Waals surface area contributed by atoms with E-state index in [1.165, 1.54) is 26.1 Å². The molecule has 0 nitrogen and oxygen atoms in total. The molecule has 0 fully saturated rings. The van der Waals surface area contributed by atoms with Gasteiger partial charge >= 0.3 is 56.4 Å². The molecule has 0 aliphatic rings. The first-order chi connectivity index (χ1) is 3.39. The molecule has 1 aromatic rings. The summed E-state index contributed by atoms with van der Waals surface area (Å²) in [6.45, 7) is 0. The predicted octanol–water partition coefficient (Wildman–Crippen LogP) is -2.52. The van der Waals surface area contributed by atoms with Gasteiger partial charge in [-0.05, 0) is 0 Å². The number of benzene rings is 1. The van der Waals surface area contributed by atoms with Gasteiger partial charge in [-0.25, -0.2) is 0 Å². The Kier molecular flexibility index (Phi) is 4.38. The topological polar surface area (TPSA) is 0 Å². The molecule has 1 aromatic carbocycles. The molecule has 0 spiro atoms. The van der Waals surface area contributed by atoms with Gasteiger partial charge in [0.2, 0.25) is 0 Å². The summed E-state index contributed by atoms with van der Waals surface area (Å²) < 4.78 is 1.41. The van der Waals surface area contributed by atoms with Gasteiger partial charge in [0.05, 0.1) is 0 Å². The molecule has 0 bridgehead atoms. The van der Waals surface area contributed by atoms with Crippen LogP contribution in [-0.4, -0.2) is 22.5 Å². The van der Waals surface area contributed by atoms with Crippen LogP contribution in [0, 0.1) is 0 Å². The summed E-state index contributed by atoms with van der Waals surface area (Å²) >= 11 is 1.49. The third-order valence-corrected chi connectivity index (χ3v) is 1.73. The monoisotopic (exact) mass is 232 g/mol. The van der Waals surface area contributed by atoms with E-state index in [2.05, 4.69) is 24.3 Å². The zero-order valence-corrected chi connectivity index (χ0v) is 7.87. The first kappa shape index (κ1) is 8.31. The Bertz CT molecular complexity index is 138. The van der Waals surface area contributed by atoms with Crippen molar-refractivity contribution in [2.24, 2.45) is 0 Å². The van der Waals surface area contributed by atoms with Gasteiger partial charge in [-0.2, -0.15) is 0 Å². The van der Waals surface area contributed by atoms with E-state index in [0.29, 0.717) is 0 Å². The Morgan fingerprint density at radius 3 is 1.75 bits per heavy atom. The second-order valence-electron chi connectivity index (χ2n) is 1.37. The fourth-order valence-corrected chi connectivity index (χ4v) is 0.987. The van der Waals surface area contributed by atoms with E-state index in [9.17, 15) is 0 Å². The summed E-state index contributed by atoms with van der Waals surface area (Å²) in [4.78, 5) is 0. The van der Waals surface area contributed by atoms with Crippen LogP contribution < -0.4 is 16.0 Å². The number of halogens is 1. The van der Waals surface area contributed by atoms with Gasteiger partial charge in [-0.1, -0.05) is 0 Å². The fraction of sp³-hybridized carbons (Fsp3) is 0. The van der Waals surface area contributed by atoms with Gasteiger partial charge in [0, 0.05) is 0 Å². The van der Waals surface area contributed by atoms with Gasteiger partial charge in [0.15, 0.2) is 0 Å². The maximum absolute atomic E-state index is 2.12. The van der Waals surface area contributed by atoms with Crippen molar-refractivity contribution < 1.29 is 12.4 Å². The average molecular weight is 231 g/mol. The van der Waals surface area contributed by atoms with Crippen molar-refractivity contribution in [3.8, 4) is 0 Å². The molecule has 0 amide bonds. The van der Waals surface area contributed by atoms with Crippen molar-refractivity contribution in [3.63, 3.8) is 0 Å². The van der Waals surface area contributed by atoms with Crippen molar-refractivity contribution in [2.75, 3.05) is 0 Å². The van der Waals surface area contributed by atoms with E-state index >= 15 is 0 Å². The minimum absolute atomic E-state index is 0. The van der Waals surface area contributed by atoms with Gasteiger partial charge in [-0.3, -0.25) is 0 Å². The Balaban J connectivity index is 0.000000490. The van der Waals surface area contributed by atoms with E-state index in [4.69, 9.17) is 0 Å². The molecular formula is C6H5ClSn+2. The van der Waals surface area contributed by atoms with E-state index in [-0.39, 0.29) is 12.4 Å². The molecule has 0 aliphatic carbocycles. The average Bonchev–Trinajstić information content (AvgIpc) is 1.69. The Morgan fingerprint density at radius 1 is 1.00 bits per heavy atom. The molecule has 0 aliphatic heterocycles.